The quantitative estimate of drug-likeness (QED) is 0.675. The number of hydrogen-bond acceptors (Lipinski definition) is 7. The number of nitrogens with zero attached hydrogens (tertiary/aromatic N) is 3. The number of aromatic nitrogens is 3. The molecule has 2 heterocycles. The summed E-state index contributed by atoms with van der Waals surface area (Å²) >= 11 is 0. The van der Waals surface area contributed by atoms with E-state index in [4.69, 9.17) is 9.47 Å². The number of methoxy groups -OCH3 is 1. The largest absolute Gasteiger partial charge is 0.495 e. The highest BCUT2D eigenvalue weighted by molar-refractivity contribution is 5.86. The van der Waals surface area contributed by atoms with Gasteiger partial charge in [0.05, 0.1) is 13.3 Å². The van der Waals surface area contributed by atoms with Crippen molar-refractivity contribution in [2.24, 2.45) is 0 Å². The molecule has 0 aliphatic rings. The lowest BCUT2D eigenvalue weighted by atomic mass is 10.1. The number of nitrogens with one attached hydrogen (secondary N) is 1. The Bertz CT molecular complexity index is 1020. The molecule has 0 bridgehead atoms. The van der Waals surface area contributed by atoms with Crippen LogP contribution in [0.25, 0.3) is 11.4 Å². The Hall–Kier alpha value is -3.63. The van der Waals surface area contributed by atoms with Crippen LogP contribution in [-0.4, -0.2) is 28.3 Å². The van der Waals surface area contributed by atoms with Crippen LogP contribution in [0.4, 0.5) is 23.7 Å². The molecule has 1 amide bonds. The molecule has 8 nitrogen and oxygen atoms in total. The third kappa shape index (κ3) is 5.00. The zero-order valence-electron chi connectivity index (χ0n) is 15.3. The number of anilines is 1. The lowest BCUT2D eigenvalue weighted by Crippen LogP contribution is -2.14. The second-order valence-electron chi connectivity index (χ2n) is 5.88. The van der Waals surface area contributed by atoms with E-state index in [0.717, 1.165) is 0 Å². The second-order valence-corrected chi connectivity index (χ2v) is 5.88. The lowest BCUT2D eigenvalue weighted by molar-refractivity contribution is -0.159. The highest BCUT2D eigenvalue weighted by atomic mass is 19.4. The molecule has 0 atom stereocenters. The number of carbonyl (C=O) groups is 1. The number of halogens is 3. The summed E-state index contributed by atoms with van der Waals surface area (Å²) in [7, 11) is 1.50. The molecule has 2 aromatic heterocycles. The molecule has 11 heteroatoms. The van der Waals surface area contributed by atoms with Crippen molar-refractivity contribution in [2.45, 2.75) is 19.7 Å². The van der Waals surface area contributed by atoms with Crippen LogP contribution in [0.1, 0.15) is 17.0 Å². The van der Waals surface area contributed by atoms with Gasteiger partial charge in [0.2, 0.25) is 5.82 Å². The van der Waals surface area contributed by atoms with Gasteiger partial charge in [-0.2, -0.15) is 18.2 Å². The Morgan fingerprint density at radius 1 is 1.24 bits per heavy atom. The monoisotopic (exact) mass is 408 g/mol. The highest BCUT2D eigenvalue weighted by Crippen LogP contribution is 2.30. The van der Waals surface area contributed by atoms with Crippen molar-refractivity contribution in [3.8, 4) is 17.1 Å². The first-order chi connectivity index (χ1) is 13.8. The minimum absolute atomic E-state index is 0.0176. The van der Waals surface area contributed by atoms with E-state index in [2.05, 4.69) is 25.0 Å². The van der Waals surface area contributed by atoms with Gasteiger partial charge in [0.15, 0.2) is 0 Å². The van der Waals surface area contributed by atoms with E-state index in [9.17, 15) is 18.0 Å². The molecule has 152 valence electrons. The maximum Gasteiger partial charge on any atom is 0.471 e. The molecule has 0 unspecified atom stereocenters. The van der Waals surface area contributed by atoms with Crippen molar-refractivity contribution in [3.05, 3.63) is 53.7 Å². The van der Waals surface area contributed by atoms with Crippen LogP contribution in [0.5, 0.6) is 5.75 Å². The Kier molecular flexibility index (Phi) is 5.66. The molecular formula is C18H15F3N4O4. The van der Waals surface area contributed by atoms with Crippen molar-refractivity contribution in [1.82, 2.24) is 15.1 Å². The molecule has 0 saturated heterocycles. The van der Waals surface area contributed by atoms with Gasteiger partial charge in [0.1, 0.15) is 12.4 Å². The van der Waals surface area contributed by atoms with Crippen LogP contribution >= 0.6 is 0 Å². The summed E-state index contributed by atoms with van der Waals surface area (Å²) in [5.74, 6) is -1.10. The Labute approximate surface area is 162 Å². The zero-order chi connectivity index (χ0) is 21.0. The fourth-order valence-corrected chi connectivity index (χ4v) is 2.35. The molecule has 1 N–H and O–H groups in total. The summed E-state index contributed by atoms with van der Waals surface area (Å²) in [5, 5.41) is 5.89. The Morgan fingerprint density at radius 3 is 2.69 bits per heavy atom. The van der Waals surface area contributed by atoms with Gasteiger partial charge in [-0.1, -0.05) is 5.16 Å². The van der Waals surface area contributed by atoms with Crippen LogP contribution in [-0.2, 0) is 17.5 Å². The number of benzene rings is 1. The Morgan fingerprint density at radius 2 is 2.03 bits per heavy atom. The van der Waals surface area contributed by atoms with Gasteiger partial charge < -0.3 is 14.0 Å². The third-order valence-electron chi connectivity index (χ3n) is 3.77. The summed E-state index contributed by atoms with van der Waals surface area (Å²) in [4.78, 5) is 19.3. The standard InChI is InChI=1S/C18H15F3N4O4/c1-10-5-12(15-24-16(29-25-15)18(19,20)21)3-4-14(10)23-17(26)28-9-11-6-13(27-2)8-22-7-11/h3-8H,9H2,1-2H3,(H,23,26). The van der Waals surface area contributed by atoms with E-state index in [0.29, 0.717) is 28.1 Å². The van der Waals surface area contributed by atoms with E-state index in [1.165, 1.54) is 37.7 Å². The number of carbonyl (C=O) groups excluding carboxylic acids is 1. The van der Waals surface area contributed by atoms with Crippen LogP contribution in [0.2, 0.25) is 0 Å². The van der Waals surface area contributed by atoms with Gasteiger partial charge in [-0.15, -0.1) is 0 Å². The zero-order valence-corrected chi connectivity index (χ0v) is 15.3. The van der Waals surface area contributed by atoms with Crippen LogP contribution in [0.15, 0.2) is 41.2 Å². The number of ether oxygens (including phenoxy) is 2. The molecule has 0 radical (unpaired) electrons. The molecule has 0 aliphatic heterocycles. The maximum absolute atomic E-state index is 12.6. The first-order valence-corrected chi connectivity index (χ1v) is 8.20. The first kappa shape index (κ1) is 20.1. The number of hydrogen-bond donors (Lipinski definition) is 1. The molecule has 0 spiro atoms. The third-order valence-corrected chi connectivity index (χ3v) is 3.77. The van der Waals surface area contributed by atoms with Crippen LogP contribution in [0.3, 0.4) is 0 Å². The average molecular weight is 408 g/mol. The number of amides is 1. The van der Waals surface area contributed by atoms with Gasteiger partial charge in [-0.05, 0) is 36.8 Å². The van der Waals surface area contributed by atoms with Gasteiger partial charge in [0, 0.05) is 23.0 Å². The summed E-state index contributed by atoms with van der Waals surface area (Å²) in [6, 6.07) is 6.16. The maximum atomic E-state index is 12.6. The van der Waals surface area contributed by atoms with Crippen molar-refractivity contribution in [2.75, 3.05) is 12.4 Å². The van der Waals surface area contributed by atoms with Crippen molar-refractivity contribution in [3.63, 3.8) is 0 Å². The predicted molar refractivity (Wildman–Crippen MR) is 94.1 cm³/mol. The number of aryl methyl sites for hydroxylation is 1. The molecule has 29 heavy (non-hydrogen) atoms. The minimum Gasteiger partial charge on any atom is -0.495 e. The Balaban J connectivity index is 1.64. The van der Waals surface area contributed by atoms with Gasteiger partial charge >= 0.3 is 18.2 Å². The van der Waals surface area contributed by atoms with Crippen LogP contribution in [0, 0.1) is 6.92 Å². The van der Waals surface area contributed by atoms with Crippen molar-refractivity contribution in [1.29, 1.82) is 0 Å². The molecule has 3 aromatic rings. The highest BCUT2D eigenvalue weighted by Gasteiger charge is 2.38. The van der Waals surface area contributed by atoms with E-state index in [1.807, 2.05) is 0 Å². The van der Waals surface area contributed by atoms with Crippen molar-refractivity contribution < 1.29 is 32.0 Å². The topological polar surface area (TPSA) is 99.4 Å². The summed E-state index contributed by atoms with van der Waals surface area (Å²) in [6.07, 6.45) is -2.36. The number of pyridine rings is 1. The van der Waals surface area contributed by atoms with Gasteiger partial charge in [-0.3, -0.25) is 10.3 Å². The smallest absolute Gasteiger partial charge is 0.471 e. The molecule has 0 fully saturated rings. The van der Waals surface area contributed by atoms with Gasteiger partial charge in [-0.25, -0.2) is 4.79 Å². The fraction of sp³-hybridized carbons (Fsp3) is 0.222. The number of alkyl halides is 3. The predicted octanol–water partition coefficient (Wildman–Crippen LogP) is 4.22. The second kappa shape index (κ2) is 8.17. The molecule has 3 rings (SSSR count). The molecular weight excluding hydrogens is 393 g/mol. The summed E-state index contributed by atoms with van der Waals surface area (Å²) in [6.45, 7) is 1.64. The average Bonchev–Trinajstić information content (AvgIpc) is 3.19. The summed E-state index contributed by atoms with van der Waals surface area (Å²) in [5.41, 5.74) is 1.94. The van der Waals surface area contributed by atoms with E-state index in [1.54, 1.807) is 13.0 Å². The first-order valence-electron chi connectivity index (χ1n) is 8.20. The molecule has 1 aromatic carbocycles. The lowest BCUT2D eigenvalue weighted by Gasteiger charge is -2.10. The SMILES string of the molecule is COc1cncc(COC(=O)Nc2ccc(-c3noc(C(F)(F)F)n3)cc2C)c1. The molecule has 0 saturated carbocycles. The minimum atomic E-state index is -4.72. The van der Waals surface area contributed by atoms with Crippen LogP contribution < -0.4 is 10.1 Å². The van der Waals surface area contributed by atoms with E-state index < -0.39 is 18.2 Å². The number of rotatable bonds is 5. The van der Waals surface area contributed by atoms with Gasteiger partial charge in [0.25, 0.3) is 0 Å². The fourth-order valence-electron chi connectivity index (χ4n) is 2.35. The van der Waals surface area contributed by atoms with E-state index in [-0.39, 0.29) is 12.4 Å². The summed E-state index contributed by atoms with van der Waals surface area (Å²) < 4.78 is 52.1. The normalized spacial score (nSPS) is 11.2. The van der Waals surface area contributed by atoms with E-state index >= 15 is 0 Å². The van der Waals surface area contributed by atoms with Crippen molar-refractivity contribution >= 4 is 11.8 Å². The molecule has 0 aliphatic carbocycles.